The molecule has 0 rings (SSSR count). The van der Waals surface area contributed by atoms with Crippen LogP contribution in [0.1, 0.15) is 245 Å². The van der Waals surface area contributed by atoms with E-state index < -0.39 is 6.10 Å². The maximum Gasteiger partial charge on any atom is 0.306 e. The summed E-state index contributed by atoms with van der Waals surface area (Å²) in [5.74, 6) is -0.973. The summed E-state index contributed by atoms with van der Waals surface area (Å²) in [5, 5.41) is 0. The van der Waals surface area contributed by atoms with Crippen LogP contribution < -0.4 is 0 Å². The molecule has 6 heteroatoms. The third kappa shape index (κ3) is 49.6. The van der Waals surface area contributed by atoms with Gasteiger partial charge in [0.25, 0.3) is 0 Å². The minimum atomic E-state index is -0.808. The summed E-state index contributed by atoms with van der Waals surface area (Å²) in [7, 11) is 0. The van der Waals surface area contributed by atoms with Crippen LogP contribution in [0, 0.1) is 0 Å². The van der Waals surface area contributed by atoms with E-state index in [1.165, 1.54) is 122 Å². The van der Waals surface area contributed by atoms with E-state index in [1.54, 1.807) is 0 Å². The monoisotopic (exact) mass is 891 g/mol. The smallest absolute Gasteiger partial charge is 0.306 e. The molecule has 0 amide bonds. The van der Waals surface area contributed by atoms with Crippen molar-refractivity contribution in [2.24, 2.45) is 0 Å². The Morgan fingerprint density at radius 1 is 0.328 bits per heavy atom. The first-order valence-corrected chi connectivity index (χ1v) is 26.7. The number of hydrogen-bond donors (Lipinski definition) is 0. The molecule has 0 aromatic heterocycles. The first kappa shape index (κ1) is 60.6. The summed E-state index contributed by atoms with van der Waals surface area (Å²) in [6, 6.07) is 0. The minimum Gasteiger partial charge on any atom is -0.462 e. The molecular weight excluding hydrogens is 793 g/mol. The fourth-order valence-corrected chi connectivity index (χ4v) is 7.20. The average molecular weight is 891 g/mol. The molecule has 6 nitrogen and oxygen atoms in total. The van der Waals surface area contributed by atoms with Crippen molar-refractivity contribution in [1.82, 2.24) is 0 Å². The van der Waals surface area contributed by atoms with Crippen LogP contribution in [0.15, 0.2) is 85.1 Å². The summed E-state index contributed by atoms with van der Waals surface area (Å²) < 4.78 is 16.8. The van der Waals surface area contributed by atoms with Crippen LogP contribution in [0.3, 0.4) is 0 Å². The highest BCUT2D eigenvalue weighted by Crippen LogP contribution is 2.14. The molecule has 0 saturated carbocycles. The van der Waals surface area contributed by atoms with Crippen LogP contribution in [0.5, 0.6) is 0 Å². The second-order valence-corrected chi connectivity index (χ2v) is 17.5. The van der Waals surface area contributed by atoms with Crippen molar-refractivity contribution in [1.29, 1.82) is 0 Å². The van der Waals surface area contributed by atoms with E-state index in [9.17, 15) is 14.4 Å². The lowest BCUT2D eigenvalue weighted by Gasteiger charge is -2.18. The molecule has 366 valence electrons. The lowest BCUT2D eigenvalue weighted by atomic mass is 10.1. The third-order valence-corrected chi connectivity index (χ3v) is 11.2. The molecule has 0 aliphatic rings. The van der Waals surface area contributed by atoms with E-state index in [-0.39, 0.29) is 37.5 Å². The Balaban J connectivity index is 4.47. The lowest BCUT2D eigenvalue weighted by molar-refractivity contribution is -0.167. The van der Waals surface area contributed by atoms with Gasteiger partial charge in [-0.1, -0.05) is 221 Å². The fraction of sp³-hybridized carbons (Fsp3) is 0.707. The Morgan fingerprint density at radius 3 is 1.03 bits per heavy atom. The number of carbonyl (C=O) groups is 3. The fourth-order valence-electron chi connectivity index (χ4n) is 7.20. The largest absolute Gasteiger partial charge is 0.462 e. The molecule has 0 aliphatic carbocycles. The molecule has 0 heterocycles. The maximum atomic E-state index is 12.8. The van der Waals surface area contributed by atoms with Crippen LogP contribution >= 0.6 is 0 Å². The number of allylic oxidation sites excluding steroid dienone is 14. The second kappa shape index (κ2) is 52.2. The van der Waals surface area contributed by atoms with Crippen molar-refractivity contribution < 1.29 is 28.6 Å². The zero-order valence-electron chi connectivity index (χ0n) is 41.8. The SMILES string of the molecule is CC/C=C/C=C/C=C/C=C/CCCCCC(=O)OCC(COC(=O)CCCCCCCCC/C=C/CCCCCCCC)OC(=O)CCCCC/C=C/C=C/CCCCCCCCC. The van der Waals surface area contributed by atoms with Gasteiger partial charge in [-0.3, -0.25) is 14.4 Å². The van der Waals surface area contributed by atoms with Crippen molar-refractivity contribution in [3.8, 4) is 0 Å². The first-order chi connectivity index (χ1) is 31.5. The van der Waals surface area contributed by atoms with Gasteiger partial charge in [-0.15, -0.1) is 0 Å². The van der Waals surface area contributed by atoms with Gasteiger partial charge in [-0.25, -0.2) is 0 Å². The molecule has 0 radical (unpaired) electrons. The molecule has 64 heavy (non-hydrogen) atoms. The number of ether oxygens (including phenoxy) is 3. The van der Waals surface area contributed by atoms with E-state index in [1.807, 2.05) is 36.5 Å². The predicted molar refractivity (Wildman–Crippen MR) is 274 cm³/mol. The first-order valence-electron chi connectivity index (χ1n) is 26.7. The van der Waals surface area contributed by atoms with Crippen LogP contribution in [0.4, 0.5) is 0 Å². The number of hydrogen-bond acceptors (Lipinski definition) is 6. The van der Waals surface area contributed by atoms with Gasteiger partial charge in [-0.05, 0) is 89.9 Å². The molecule has 0 spiro atoms. The van der Waals surface area contributed by atoms with Crippen molar-refractivity contribution >= 4 is 17.9 Å². The van der Waals surface area contributed by atoms with E-state index in [0.29, 0.717) is 12.8 Å². The van der Waals surface area contributed by atoms with Crippen LogP contribution in [0.2, 0.25) is 0 Å². The molecule has 0 aliphatic heterocycles. The number of carbonyl (C=O) groups excluding carboxylic acids is 3. The summed E-state index contributed by atoms with van der Waals surface area (Å²) in [4.78, 5) is 38.0. The number of rotatable bonds is 47. The molecule has 0 aromatic rings. The molecule has 0 bridgehead atoms. The van der Waals surface area contributed by atoms with Crippen molar-refractivity contribution in [3.05, 3.63) is 85.1 Å². The Hall–Kier alpha value is -3.41. The minimum absolute atomic E-state index is 0.103. The summed E-state index contributed by atoms with van der Waals surface area (Å²) in [5.41, 5.74) is 0. The standard InChI is InChI=1S/C58H98O6/c1-4-7-10-13-16-19-22-25-27-29-31-33-36-39-42-45-48-51-57(60)63-54-55(53-62-56(59)50-47-44-41-38-35-32-24-21-18-15-12-9-6-3)64-58(61)52-49-46-43-40-37-34-30-28-26-23-20-17-14-11-8-5-2/h9,12,15,18,21,24-25,27-28,30,32,34-35,37,55H,4-8,10-11,13-14,16-17,19-20,22-23,26,29,31,33,36,38-54H2,1-3H3/b12-9+,18-15+,24-21+,27-25+,30-28+,35-32+,37-34+. The van der Waals surface area contributed by atoms with Crippen LogP contribution in [-0.4, -0.2) is 37.2 Å². The number of esters is 3. The zero-order chi connectivity index (χ0) is 46.5. The van der Waals surface area contributed by atoms with E-state index in [0.717, 1.165) is 83.5 Å². The van der Waals surface area contributed by atoms with Gasteiger partial charge in [0.15, 0.2) is 6.10 Å². The van der Waals surface area contributed by atoms with Gasteiger partial charge in [-0.2, -0.15) is 0 Å². The van der Waals surface area contributed by atoms with Gasteiger partial charge >= 0.3 is 17.9 Å². The molecule has 0 N–H and O–H groups in total. The summed E-state index contributed by atoms with van der Waals surface area (Å²) >= 11 is 0. The lowest BCUT2D eigenvalue weighted by Crippen LogP contribution is -2.30. The highest BCUT2D eigenvalue weighted by Gasteiger charge is 2.19. The highest BCUT2D eigenvalue weighted by molar-refractivity contribution is 5.71. The van der Waals surface area contributed by atoms with Gasteiger partial charge in [0.1, 0.15) is 13.2 Å². The summed E-state index contributed by atoms with van der Waals surface area (Å²) in [6.07, 6.45) is 67.1. The average Bonchev–Trinajstić information content (AvgIpc) is 3.29. The van der Waals surface area contributed by atoms with E-state index in [2.05, 4.69) is 69.4 Å². The van der Waals surface area contributed by atoms with Gasteiger partial charge in [0.2, 0.25) is 0 Å². The van der Waals surface area contributed by atoms with Crippen LogP contribution in [-0.2, 0) is 28.6 Å². The van der Waals surface area contributed by atoms with Gasteiger partial charge in [0, 0.05) is 19.3 Å². The zero-order valence-corrected chi connectivity index (χ0v) is 41.8. The molecule has 0 fully saturated rings. The van der Waals surface area contributed by atoms with Crippen LogP contribution in [0.25, 0.3) is 0 Å². The van der Waals surface area contributed by atoms with Crippen molar-refractivity contribution in [3.63, 3.8) is 0 Å². The molecule has 0 aromatic carbocycles. The third-order valence-electron chi connectivity index (χ3n) is 11.2. The van der Waals surface area contributed by atoms with Gasteiger partial charge < -0.3 is 14.2 Å². The molecule has 0 saturated heterocycles. The van der Waals surface area contributed by atoms with Crippen molar-refractivity contribution in [2.45, 2.75) is 252 Å². The van der Waals surface area contributed by atoms with Gasteiger partial charge in [0.05, 0.1) is 0 Å². The maximum absolute atomic E-state index is 12.8. The van der Waals surface area contributed by atoms with Crippen molar-refractivity contribution in [2.75, 3.05) is 13.2 Å². The summed E-state index contributed by atoms with van der Waals surface area (Å²) in [6.45, 7) is 6.43. The normalized spacial score (nSPS) is 12.7. The molecule has 1 atom stereocenters. The predicted octanol–water partition coefficient (Wildman–Crippen LogP) is 17.6. The topological polar surface area (TPSA) is 78.9 Å². The molecule has 1 unspecified atom stereocenters. The second-order valence-electron chi connectivity index (χ2n) is 17.5. The highest BCUT2D eigenvalue weighted by atomic mass is 16.6. The van der Waals surface area contributed by atoms with E-state index in [4.69, 9.17) is 14.2 Å². The number of unbranched alkanes of at least 4 members (excludes halogenated alkanes) is 26. The Kier molecular flexibility index (Phi) is 49.4. The Morgan fingerprint density at radius 2 is 0.625 bits per heavy atom. The molecular formula is C58H98O6. The quantitative estimate of drug-likeness (QED) is 0.0199. The van der Waals surface area contributed by atoms with E-state index >= 15 is 0 Å². The Bertz CT molecular complexity index is 1250. The Labute approximate surface area is 395 Å².